The van der Waals surface area contributed by atoms with Crippen LogP contribution in [-0.2, 0) is 16.0 Å². The van der Waals surface area contributed by atoms with Gasteiger partial charge in [0.15, 0.2) is 23.1 Å². The molecule has 0 aromatic heterocycles. The smallest absolute Gasteiger partial charge is 0.270 e. The Morgan fingerprint density at radius 3 is 2.46 bits per heavy atom. The highest BCUT2D eigenvalue weighted by Gasteiger charge is 2.32. The van der Waals surface area contributed by atoms with E-state index in [2.05, 4.69) is 10.4 Å². The van der Waals surface area contributed by atoms with E-state index in [0.29, 0.717) is 11.3 Å². The van der Waals surface area contributed by atoms with Gasteiger partial charge in [-0.3, -0.25) is 20.0 Å². The number of benzene rings is 2. The van der Waals surface area contributed by atoms with Gasteiger partial charge in [0, 0.05) is 13.3 Å². The zero-order valence-corrected chi connectivity index (χ0v) is 14.4. The van der Waals surface area contributed by atoms with Gasteiger partial charge in [0.25, 0.3) is 5.91 Å². The number of carbonyl (C=O) groups is 2. The van der Waals surface area contributed by atoms with Crippen molar-refractivity contribution in [1.82, 2.24) is 5.43 Å². The lowest BCUT2D eigenvalue weighted by molar-refractivity contribution is -0.120. The summed E-state index contributed by atoms with van der Waals surface area (Å²) in [5.74, 6) is -1.01. The molecule has 0 saturated heterocycles. The molecule has 1 amide bonds. The number of anilines is 1. The van der Waals surface area contributed by atoms with Crippen molar-refractivity contribution in [3.05, 3.63) is 53.6 Å². The summed E-state index contributed by atoms with van der Waals surface area (Å²) >= 11 is 0. The molecule has 1 unspecified atom stereocenters. The van der Waals surface area contributed by atoms with Crippen LogP contribution in [0, 0.1) is 6.92 Å². The van der Waals surface area contributed by atoms with Crippen molar-refractivity contribution in [3.8, 4) is 11.5 Å². The van der Waals surface area contributed by atoms with Crippen LogP contribution in [0.3, 0.4) is 0 Å². The van der Waals surface area contributed by atoms with Gasteiger partial charge in [0.05, 0.1) is 5.69 Å². The van der Waals surface area contributed by atoms with E-state index in [0.717, 1.165) is 5.56 Å². The maximum atomic E-state index is 12.9. The van der Waals surface area contributed by atoms with E-state index in [1.807, 2.05) is 19.1 Å². The van der Waals surface area contributed by atoms with Crippen molar-refractivity contribution in [3.63, 3.8) is 0 Å². The van der Waals surface area contributed by atoms with Crippen LogP contribution in [0.1, 0.15) is 18.1 Å². The number of amidine groups is 1. The number of ketones is 1. The van der Waals surface area contributed by atoms with Crippen LogP contribution in [-0.4, -0.2) is 33.8 Å². The van der Waals surface area contributed by atoms with Gasteiger partial charge in [-0.1, -0.05) is 23.8 Å². The van der Waals surface area contributed by atoms with Crippen LogP contribution in [0.15, 0.2) is 47.5 Å². The highest BCUT2D eigenvalue weighted by molar-refractivity contribution is 6.39. The number of aromatic hydroxyl groups is 2. The number of amides is 1. The molecule has 26 heavy (non-hydrogen) atoms. The summed E-state index contributed by atoms with van der Waals surface area (Å²) in [6.07, 6.45) is 0.188. The quantitative estimate of drug-likeness (QED) is 0.728. The van der Waals surface area contributed by atoms with Crippen molar-refractivity contribution in [2.75, 3.05) is 5.01 Å². The molecule has 0 aliphatic carbocycles. The largest absolute Gasteiger partial charge is 0.504 e. The van der Waals surface area contributed by atoms with E-state index in [1.165, 1.54) is 24.1 Å². The number of hydrogen-bond acceptors (Lipinski definition) is 6. The number of Topliss-reactive ketones (excluding diaryl/α,β-unsaturated/α-hetero) is 1. The summed E-state index contributed by atoms with van der Waals surface area (Å²) in [5, 5.41) is 20.4. The van der Waals surface area contributed by atoms with Crippen LogP contribution >= 0.6 is 0 Å². The molecule has 0 radical (unpaired) electrons. The molecular weight excluding hydrogens is 334 g/mol. The summed E-state index contributed by atoms with van der Waals surface area (Å²) in [5.41, 5.74) is 5.05. The molecule has 0 bridgehead atoms. The fourth-order valence-electron chi connectivity index (χ4n) is 2.66. The monoisotopic (exact) mass is 353 g/mol. The summed E-state index contributed by atoms with van der Waals surface area (Å²) in [6.45, 7) is 3.32. The van der Waals surface area contributed by atoms with Crippen molar-refractivity contribution in [2.24, 2.45) is 4.99 Å². The summed E-state index contributed by atoms with van der Waals surface area (Å²) < 4.78 is 0. The normalized spacial score (nSPS) is 16.8. The van der Waals surface area contributed by atoms with Crippen LogP contribution in [0.2, 0.25) is 0 Å². The minimum atomic E-state index is -0.819. The standard InChI is InChI=1S/C19H19N3O4/c1-11-3-6-14(7-4-11)22-19(26)15(20-18(21-22)12(2)23)9-13-5-8-16(24)17(25)10-13/h3-8,10,15,24-25H,9H2,1-2H3,(H,20,21). The maximum absolute atomic E-state index is 12.9. The third kappa shape index (κ3) is 3.51. The van der Waals surface area contributed by atoms with Gasteiger partial charge < -0.3 is 10.2 Å². The Kier molecular flexibility index (Phi) is 4.62. The number of hydrazine groups is 1. The Labute approximate surface area is 150 Å². The average molecular weight is 353 g/mol. The predicted molar refractivity (Wildman–Crippen MR) is 97.2 cm³/mol. The molecule has 3 rings (SSSR count). The minimum absolute atomic E-state index is 0.0955. The van der Waals surface area contributed by atoms with Crippen LogP contribution in [0.4, 0.5) is 5.69 Å². The third-order valence-electron chi connectivity index (χ3n) is 4.10. The molecule has 0 saturated carbocycles. The molecular formula is C19H19N3O4. The van der Waals surface area contributed by atoms with Crippen molar-refractivity contribution in [1.29, 1.82) is 0 Å². The van der Waals surface area contributed by atoms with E-state index in [4.69, 9.17) is 0 Å². The Hall–Kier alpha value is -3.35. The van der Waals surface area contributed by atoms with E-state index < -0.39 is 6.04 Å². The molecule has 1 aliphatic heterocycles. The molecule has 7 heteroatoms. The SMILES string of the molecule is CC(=O)C1=NC(Cc2ccc(O)c(O)c2)C(=O)N(c2ccc(C)cc2)N1. The van der Waals surface area contributed by atoms with Crippen molar-refractivity contribution >= 4 is 23.2 Å². The number of rotatable bonds is 4. The first-order valence-corrected chi connectivity index (χ1v) is 8.12. The van der Waals surface area contributed by atoms with Crippen molar-refractivity contribution in [2.45, 2.75) is 26.3 Å². The number of nitrogens with zero attached hydrogens (tertiary/aromatic N) is 2. The molecule has 2 aromatic rings. The highest BCUT2D eigenvalue weighted by atomic mass is 16.3. The lowest BCUT2D eigenvalue weighted by atomic mass is 10.0. The second-order valence-corrected chi connectivity index (χ2v) is 6.20. The van der Waals surface area contributed by atoms with E-state index >= 15 is 0 Å². The predicted octanol–water partition coefficient (Wildman–Crippen LogP) is 1.86. The second kappa shape index (κ2) is 6.87. The minimum Gasteiger partial charge on any atom is -0.504 e. The number of aliphatic imine (C=N–C) groups is 1. The Morgan fingerprint density at radius 1 is 1.15 bits per heavy atom. The summed E-state index contributed by atoms with van der Waals surface area (Å²) in [4.78, 5) is 28.9. The van der Waals surface area contributed by atoms with Gasteiger partial charge in [-0.25, -0.2) is 5.01 Å². The topological polar surface area (TPSA) is 102 Å². The first-order chi connectivity index (χ1) is 12.3. The Morgan fingerprint density at radius 2 is 1.85 bits per heavy atom. The molecule has 134 valence electrons. The summed E-state index contributed by atoms with van der Waals surface area (Å²) in [7, 11) is 0. The second-order valence-electron chi connectivity index (χ2n) is 6.20. The molecule has 0 fully saturated rings. The fraction of sp³-hybridized carbons (Fsp3) is 0.211. The molecule has 1 aliphatic rings. The molecule has 3 N–H and O–H groups in total. The van der Waals surface area contributed by atoms with Gasteiger partial charge in [-0.05, 0) is 36.8 Å². The third-order valence-corrected chi connectivity index (χ3v) is 4.10. The lowest BCUT2D eigenvalue weighted by Crippen LogP contribution is -2.56. The highest BCUT2D eigenvalue weighted by Crippen LogP contribution is 2.26. The average Bonchev–Trinajstić information content (AvgIpc) is 2.60. The maximum Gasteiger partial charge on any atom is 0.270 e. The number of phenols is 2. The molecule has 1 atom stereocenters. The number of phenolic OH excluding ortho intramolecular Hbond substituents is 2. The number of carbonyl (C=O) groups excluding carboxylic acids is 2. The molecule has 0 spiro atoms. The number of hydrogen-bond donors (Lipinski definition) is 3. The lowest BCUT2D eigenvalue weighted by Gasteiger charge is -2.31. The van der Waals surface area contributed by atoms with Gasteiger partial charge in [-0.2, -0.15) is 0 Å². The van der Waals surface area contributed by atoms with Crippen molar-refractivity contribution < 1.29 is 19.8 Å². The van der Waals surface area contributed by atoms with Gasteiger partial charge in [0.2, 0.25) is 0 Å². The zero-order valence-electron chi connectivity index (χ0n) is 14.4. The molecule has 2 aromatic carbocycles. The number of nitrogens with one attached hydrogen (secondary N) is 1. The van der Waals surface area contributed by atoms with Crippen LogP contribution in [0.25, 0.3) is 0 Å². The van der Waals surface area contributed by atoms with Gasteiger partial charge >= 0.3 is 0 Å². The first-order valence-electron chi connectivity index (χ1n) is 8.12. The first kappa shape index (κ1) is 17.5. The van der Waals surface area contributed by atoms with Crippen LogP contribution < -0.4 is 10.4 Å². The van der Waals surface area contributed by atoms with Crippen LogP contribution in [0.5, 0.6) is 11.5 Å². The van der Waals surface area contributed by atoms with E-state index in [-0.39, 0.29) is 35.4 Å². The van der Waals surface area contributed by atoms with E-state index in [1.54, 1.807) is 18.2 Å². The van der Waals surface area contributed by atoms with Gasteiger partial charge in [-0.15, -0.1) is 0 Å². The Bertz CT molecular complexity index is 890. The molecule has 1 heterocycles. The number of aryl methyl sites for hydroxylation is 1. The zero-order chi connectivity index (χ0) is 18.8. The molecule has 7 nitrogen and oxygen atoms in total. The van der Waals surface area contributed by atoms with E-state index in [9.17, 15) is 19.8 Å². The fourth-order valence-corrected chi connectivity index (χ4v) is 2.66. The Balaban J connectivity index is 1.93. The summed E-state index contributed by atoms with van der Waals surface area (Å²) in [6, 6.07) is 10.8. The van der Waals surface area contributed by atoms with Gasteiger partial charge in [0.1, 0.15) is 6.04 Å².